The van der Waals surface area contributed by atoms with E-state index in [0.29, 0.717) is 29.1 Å². The van der Waals surface area contributed by atoms with Crippen molar-refractivity contribution in [3.63, 3.8) is 0 Å². The van der Waals surface area contributed by atoms with Crippen LogP contribution in [-0.2, 0) is 6.54 Å². The summed E-state index contributed by atoms with van der Waals surface area (Å²) in [4.78, 5) is 21.1. The average molecular weight is 305 g/mol. The number of hydrogen-bond donors (Lipinski definition) is 1. The molecular weight excluding hydrogens is 288 g/mol. The first-order chi connectivity index (χ1) is 10.1. The van der Waals surface area contributed by atoms with Crippen LogP contribution >= 0.6 is 11.6 Å². The minimum Gasteiger partial charge on any atom is -0.342 e. The highest BCUT2D eigenvalue weighted by atomic mass is 35.5. The van der Waals surface area contributed by atoms with E-state index < -0.39 is 0 Å². The fraction of sp³-hybridized carbons (Fsp3) is 0.400. The number of carbonyl (C=O) groups is 1. The number of hydrogen-bond acceptors (Lipinski definition) is 3. The van der Waals surface area contributed by atoms with Gasteiger partial charge in [0.1, 0.15) is 5.69 Å². The third kappa shape index (κ3) is 3.08. The molecule has 2 aromatic rings. The number of amides is 1. The lowest BCUT2D eigenvalue weighted by Crippen LogP contribution is -2.18. The number of rotatable bonds is 4. The summed E-state index contributed by atoms with van der Waals surface area (Å²) in [6, 6.07) is 3.64. The third-order valence-corrected chi connectivity index (χ3v) is 3.74. The monoisotopic (exact) mass is 304 g/mol. The van der Waals surface area contributed by atoms with Crippen LogP contribution in [0.15, 0.2) is 18.3 Å². The SMILES string of the molecule is CCn1cc(Cl)cc1C(=O)Nc1nc(C)cc(C2CC2)n1. The molecule has 2 aromatic heterocycles. The zero-order valence-corrected chi connectivity index (χ0v) is 12.8. The van der Waals surface area contributed by atoms with Crippen molar-refractivity contribution in [1.82, 2.24) is 14.5 Å². The first-order valence-electron chi connectivity index (χ1n) is 7.09. The van der Waals surface area contributed by atoms with Gasteiger partial charge in [-0.05, 0) is 38.8 Å². The number of nitrogens with one attached hydrogen (secondary N) is 1. The molecule has 0 bridgehead atoms. The molecule has 5 nitrogen and oxygen atoms in total. The van der Waals surface area contributed by atoms with Crippen molar-refractivity contribution in [3.8, 4) is 0 Å². The molecule has 6 heteroatoms. The maximum Gasteiger partial charge on any atom is 0.274 e. The molecule has 0 aromatic carbocycles. The summed E-state index contributed by atoms with van der Waals surface area (Å²) in [5, 5.41) is 3.32. The van der Waals surface area contributed by atoms with Crippen LogP contribution in [0.3, 0.4) is 0 Å². The van der Waals surface area contributed by atoms with E-state index in [9.17, 15) is 4.79 Å². The molecule has 0 radical (unpaired) electrons. The van der Waals surface area contributed by atoms with Crippen LogP contribution in [0.25, 0.3) is 0 Å². The zero-order valence-electron chi connectivity index (χ0n) is 12.1. The minimum absolute atomic E-state index is 0.240. The van der Waals surface area contributed by atoms with E-state index in [4.69, 9.17) is 11.6 Å². The van der Waals surface area contributed by atoms with Crippen molar-refractivity contribution >= 4 is 23.5 Å². The van der Waals surface area contributed by atoms with Gasteiger partial charge in [0.25, 0.3) is 5.91 Å². The van der Waals surface area contributed by atoms with E-state index in [0.717, 1.165) is 24.2 Å². The summed E-state index contributed by atoms with van der Waals surface area (Å²) in [7, 11) is 0. The standard InChI is InChI=1S/C15H17ClN4O/c1-3-20-8-11(16)7-13(20)14(21)19-15-17-9(2)6-12(18-15)10-4-5-10/h6-8,10H,3-5H2,1-2H3,(H,17,18,19,21). The summed E-state index contributed by atoms with van der Waals surface area (Å²) in [5.74, 6) is 0.647. The quantitative estimate of drug-likeness (QED) is 0.942. The molecule has 1 saturated carbocycles. The Morgan fingerprint density at radius 1 is 1.43 bits per heavy atom. The van der Waals surface area contributed by atoms with Crippen LogP contribution in [0.1, 0.15) is 47.6 Å². The lowest BCUT2D eigenvalue weighted by molar-refractivity contribution is 0.101. The summed E-state index contributed by atoms with van der Waals surface area (Å²) in [6.45, 7) is 4.55. The number of anilines is 1. The molecule has 0 spiro atoms. The molecule has 0 saturated heterocycles. The topological polar surface area (TPSA) is 59.8 Å². The van der Waals surface area contributed by atoms with Gasteiger partial charge < -0.3 is 4.57 Å². The van der Waals surface area contributed by atoms with Crippen LogP contribution < -0.4 is 5.32 Å². The molecule has 110 valence electrons. The first-order valence-corrected chi connectivity index (χ1v) is 7.47. The van der Waals surface area contributed by atoms with Crippen LogP contribution in [0.4, 0.5) is 5.95 Å². The molecule has 1 aliphatic carbocycles. The van der Waals surface area contributed by atoms with E-state index in [1.54, 1.807) is 16.8 Å². The van der Waals surface area contributed by atoms with Gasteiger partial charge in [0.05, 0.1) is 5.02 Å². The molecule has 3 rings (SSSR count). The second-order valence-electron chi connectivity index (χ2n) is 5.32. The fourth-order valence-corrected chi connectivity index (χ4v) is 2.55. The molecule has 0 unspecified atom stereocenters. The second kappa shape index (κ2) is 5.48. The molecule has 1 fully saturated rings. The highest BCUT2D eigenvalue weighted by Crippen LogP contribution is 2.39. The summed E-state index contributed by atoms with van der Waals surface area (Å²) in [5.41, 5.74) is 2.40. The number of aryl methyl sites for hydroxylation is 2. The van der Waals surface area contributed by atoms with Crippen molar-refractivity contribution in [2.45, 2.75) is 39.2 Å². The van der Waals surface area contributed by atoms with Crippen LogP contribution in [-0.4, -0.2) is 20.4 Å². The highest BCUT2D eigenvalue weighted by molar-refractivity contribution is 6.31. The highest BCUT2D eigenvalue weighted by Gasteiger charge is 2.26. The van der Waals surface area contributed by atoms with Crippen molar-refractivity contribution in [3.05, 3.63) is 40.4 Å². The molecule has 0 aliphatic heterocycles. The van der Waals surface area contributed by atoms with Gasteiger partial charge >= 0.3 is 0 Å². The number of aromatic nitrogens is 3. The van der Waals surface area contributed by atoms with E-state index in [2.05, 4.69) is 15.3 Å². The largest absolute Gasteiger partial charge is 0.342 e. The Morgan fingerprint density at radius 2 is 2.19 bits per heavy atom. The normalized spacial score (nSPS) is 14.2. The predicted molar refractivity (Wildman–Crippen MR) is 81.8 cm³/mol. The van der Waals surface area contributed by atoms with Crippen LogP contribution in [0, 0.1) is 6.92 Å². The Bertz CT molecular complexity index is 691. The Morgan fingerprint density at radius 3 is 2.86 bits per heavy atom. The van der Waals surface area contributed by atoms with E-state index in [1.807, 2.05) is 19.9 Å². The Kier molecular flexibility index (Phi) is 3.68. The maximum absolute atomic E-state index is 12.3. The minimum atomic E-state index is -0.240. The second-order valence-corrected chi connectivity index (χ2v) is 5.75. The molecule has 0 atom stereocenters. The third-order valence-electron chi connectivity index (χ3n) is 3.53. The van der Waals surface area contributed by atoms with E-state index in [-0.39, 0.29) is 5.91 Å². The molecule has 1 aliphatic rings. The molecule has 21 heavy (non-hydrogen) atoms. The average Bonchev–Trinajstić information content (AvgIpc) is 3.21. The van der Waals surface area contributed by atoms with Gasteiger partial charge in [-0.1, -0.05) is 11.6 Å². The van der Waals surface area contributed by atoms with Crippen molar-refractivity contribution in [2.75, 3.05) is 5.32 Å². The lowest BCUT2D eigenvalue weighted by atomic mass is 10.2. The molecular formula is C15H17ClN4O. The predicted octanol–water partition coefficient (Wildman–Crippen LogP) is 3.39. The number of carbonyl (C=O) groups excluding carboxylic acids is 1. The summed E-state index contributed by atoms with van der Waals surface area (Å²) >= 11 is 5.96. The van der Waals surface area contributed by atoms with Gasteiger partial charge in [0, 0.05) is 30.0 Å². The van der Waals surface area contributed by atoms with E-state index in [1.165, 1.54) is 0 Å². The van der Waals surface area contributed by atoms with Gasteiger partial charge in [-0.25, -0.2) is 9.97 Å². The van der Waals surface area contributed by atoms with Gasteiger partial charge in [0.2, 0.25) is 5.95 Å². The zero-order chi connectivity index (χ0) is 15.0. The van der Waals surface area contributed by atoms with Crippen molar-refractivity contribution in [1.29, 1.82) is 0 Å². The Balaban J connectivity index is 1.84. The molecule has 2 heterocycles. The first kappa shape index (κ1) is 14.1. The summed E-state index contributed by atoms with van der Waals surface area (Å²) in [6.07, 6.45) is 4.07. The van der Waals surface area contributed by atoms with Crippen molar-refractivity contribution in [2.24, 2.45) is 0 Å². The van der Waals surface area contributed by atoms with Gasteiger partial charge in [-0.15, -0.1) is 0 Å². The Hall–Kier alpha value is -1.88. The van der Waals surface area contributed by atoms with Gasteiger partial charge in [0.15, 0.2) is 0 Å². The van der Waals surface area contributed by atoms with E-state index >= 15 is 0 Å². The Labute approximate surface area is 128 Å². The van der Waals surface area contributed by atoms with Gasteiger partial charge in [-0.3, -0.25) is 10.1 Å². The molecule has 1 amide bonds. The maximum atomic E-state index is 12.3. The van der Waals surface area contributed by atoms with Crippen LogP contribution in [0.2, 0.25) is 5.02 Å². The van der Waals surface area contributed by atoms with Crippen LogP contribution in [0.5, 0.6) is 0 Å². The van der Waals surface area contributed by atoms with Gasteiger partial charge in [-0.2, -0.15) is 0 Å². The number of nitrogens with zero attached hydrogens (tertiary/aromatic N) is 3. The number of halogens is 1. The smallest absolute Gasteiger partial charge is 0.274 e. The lowest BCUT2D eigenvalue weighted by Gasteiger charge is -2.08. The summed E-state index contributed by atoms with van der Waals surface area (Å²) < 4.78 is 1.80. The molecule has 1 N–H and O–H groups in total. The van der Waals surface area contributed by atoms with Crippen molar-refractivity contribution < 1.29 is 4.79 Å². The fourth-order valence-electron chi connectivity index (χ4n) is 2.33.